The molecule has 2 heterocycles. The van der Waals surface area contributed by atoms with Gasteiger partial charge in [0.05, 0.1) is 12.7 Å². The van der Waals surface area contributed by atoms with Crippen molar-refractivity contribution in [1.82, 2.24) is 4.90 Å². The molecule has 28 heavy (non-hydrogen) atoms. The van der Waals surface area contributed by atoms with Crippen LogP contribution in [0.15, 0.2) is 48.5 Å². The fourth-order valence-electron chi connectivity index (χ4n) is 4.74. The molecule has 4 nitrogen and oxygen atoms in total. The van der Waals surface area contributed by atoms with Gasteiger partial charge in [-0.3, -0.25) is 4.90 Å². The van der Waals surface area contributed by atoms with Gasteiger partial charge in [0.2, 0.25) is 0 Å². The highest BCUT2D eigenvalue weighted by molar-refractivity contribution is 5.32. The highest BCUT2D eigenvalue weighted by Gasteiger charge is 2.48. The molecule has 0 aromatic heterocycles. The summed E-state index contributed by atoms with van der Waals surface area (Å²) in [7, 11) is 1.66. The average molecular weight is 377 g/mol. The number of hydrogen-bond acceptors (Lipinski definition) is 4. The third-order valence-corrected chi connectivity index (χ3v) is 6.16. The predicted molar refractivity (Wildman–Crippen MR) is 109 cm³/mol. The Balaban J connectivity index is 1.44. The van der Waals surface area contributed by atoms with Crippen LogP contribution >= 0.6 is 0 Å². The van der Waals surface area contributed by atoms with Gasteiger partial charge in [-0.05, 0) is 61.1 Å². The Morgan fingerprint density at radius 1 is 1.04 bits per heavy atom. The molecule has 1 N–H and O–H groups in total. The van der Waals surface area contributed by atoms with Gasteiger partial charge in [0.1, 0.15) is 18.1 Å². The number of benzene rings is 2. The normalized spacial score (nSPS) is 26.6. The van der Waals surface area contributed by atoms with Crippen LogP contribution in [0.25, 0.3) is 0 Å². The number of fused-ring (bicyclic) bond motifs is 2. The lowest BCUT2D eigenvalue weighted by molar-refractivity contribution is -0.0595. The van der Waals surface area contributed by atoms with Gasteiger partial charge in [0.25, 0.3) is 0 Å². The Morgan fingerprint density at radius 3 is 2.21 bits per heavy atom. The fourth-order valence-corrected chi connectivity index (χ4v) is 4.74. The van der Waals surface area contributed by atoms with Crippen molar-refractivity contribution in [3.8, 4) is 23.8 Å². The molecule has 2 aromatic carbocycles. The zero-order valence-electron chi connectivity index (χ0n) is 16.3. The fraction of sp³-hybridized carbons (Fsp3) is 0.417. The molecular formula is C24H27NO3. The molecule has 0 radical (unpaired) electrons. The van der Waals surface area contributed by atoms with E-state index in [1.54, 1.807) is 7.11 Å². The van der Waals surface area contributed by atoms with E-state index in [4.69, 9.17) is 15.9 Å². The van der Waals surface area contributed by atoms with E-state index in [9.17, 15) is 5.11 Å². The summed E-state index contributed by atoms with van der Waals surface area (Å²) in [6, 6.07) is 16.9. The number of methoxy groups -OCH3 is 1. The zero-order chi connectivity index (χ0) is 19.6. The van der Waals surface area contributed by atoms with E-state index in [-0.39, 0.29) is 0 Å². The monoisotopic (exact) mass is 377 g/mol. The molecule has 2 bridgehead atoms. The Bertz CT molecular complexity index is 824. The number of terminal acetylenes is 1. The molecule has 4 rings (SSSR count). The summed E-state index contributed by atoms with van der Waals surface area (Å²) in [5, 5.41) is 11.4. The first-order valence-electron chi connectivity index (χ1n) is 9.89. The lowest BCUT2D eigenvalue weighted by atomic mass is 9.80. The quantitative estimate of drug-likeness (QED) is 0.779. The maximum absolute atomic E-state index is 11.4. The van der Waals surface area contributed by atoms with Gasteiger partial charge in [-0.15, -0.1) is 6.42 Å². The Kier molecular flexibility index (Phi) is 5.30. The standard InChI is InChI=1S/C24H27NO3/c1-3-14-28-23-10-4-18(5-11-23)17-25-20-8-9-21(25)16-24(26,15-20)19-6-12-22(27-2)13-7-19/h1,4-7,10-13,20-21,26H,8-9,14-17H2,2H3/t20-,21+,24?. The van der Waals surface area contributed by atoms with E-state index in [2.05, 4.69) is 23.0 Å². The van der Waals surface area contributed by atoms with Crippen molar-refractivity contribution in [3.05, 3.63) is 59.7 Å². The van der Waals surface area contributed by atoms with E-state index in [0.29, 0.717) is 18.7 Å². The lowest BCUT2D eigenvalue weighted by Crippen LogP contribution is -2.49. The van der Waals surface area contributed by atoms with Gasteiger partial charge in [-0.2, -0.15) is 0 Å². The lowest BCUT2D eigenvalue weighted by Gasteiger charge is -2.44. The van der Waals surface area contributed by atoms with Crippen molar-refractivity contribution in [3.63, 3.8) is 0 Å². The average Bonchev–Trinajstić information content (AvgIpc) is 2.97. The van der Waals surface area contributed by atoms with Gasteiger partial charge in [-0.1, -0.05) is 30.2 Å². The SMILES string of the molecule is C#CCOc1ccc(CN2[C@@H]3CC[C@H]2CC(O)(c2ccc(OC)cc2)C3)cc1. The minimum Gasteiger partial charge on any atom is -0.497 e. The molecular weight excluding hydrogens is 350 g/mol. The summed E-state index contributed by atoms with van der Waals surface area (Å²) in [4.78, 5) is 2.56. The zero-order valence-corrected chi connectivity index (χ0v) is 16.3. The summed E-state index contributed by atoms with van der Waals surface area (Å²) in [6.45, 7) is 1.20. The topological polar surface area (TPSA) is 41.9 Å². The first kappa shape index (κ1) is 18.9. The van der Waals surface area contributed by atoms with Gasteiger partial charge < -0.3 is 14.6 Å². The number of ether oxygens (including phenoxy) is 2. The van der Waals surface area contributed by atoms with E-state index < -0.39 is 5.60 Å². The maximum atomic E-state index is 11.4. The highest BCUT2D eigenvalue weighted by Crippen LogP contribution is 2.46. The second kappa shape index (κ2) is 7.87. The number of piperidine rings is 1. The van der Waals surface area contributed by atoms with Crippen molar-refractivity contribution in [2.75, 3.05) is 13.7 Å². The van der Waals surface area contributed by atoms with Crippen LogP contribution in [-0.4, -0.2) is 35.8 Å². The second-order valence-electron chi connectivity index (χ2n) is 7.86. The molecule has 2 fully saturated rings. The Hall–Kier alpha value is -2.48. The molecule has 0 spiro atoms. The third-order valence-electron chi connectivity index (χ3n) is 6.16. The van der Waals surface area contributed by atoms with Crippen LogP contribution in [0, 0.1) is 12.3 Å². The molecule has 3 atom stereocenters. The molecule has 146 valence electrons. The van der Waals surface area contributed by atoms with Crippen LogP contribution in [-0.2, 0) is 12.1 Å². The Labute approximate surface area is 167 Å². The molecule has 2 saturated heterocycles. The minimum absolute atomic E-state index is 0.291. The van der Waals surface area contributed by atoms with E-state index in [1.807, 2.05) is 36.4 Å². The van der Waals surface area contributed by atoms with Crippen LogP contribution in [0.3, 0.4) is 0 Å². The van der Waals surface area contributed by atoms with E-state index in [0.717, 1.165) is 49.3 Å². The number of nitrogens with zero attached hydrogens (tertiary/aromatic N) is 1. The van der Waals surface area contributed by atoms with Gasteiger partial charge in [0, 0.05) is 18.6 Å². The van der Waals surface area contributed by atoms with Crippen molar-refractivity contribution in [2.45, 2.75) is 49.9 Å². The third kappa shape index (κ3) is 3.73. The van der Waals surface area contributed by atoms with Crippen molar-refractivity contribution in [2.24, 2.45) is 0 Å². The van der Waals surface area contributed by atoms with Gasteiger partial charge in [0.15, 0.2) is 0 Å². The van der Waals surface area contributed by atoms with Crippen LogP contribution in [0.4, 0.5) is 0 Å². The summed E-state index contributed by atoms with van der Waals surface area (Å²) in [5.41, 5.74) is 1.52. The molecule has 0 aliphatic carbocycles. The smallest absolute Gasteiger partial charge is 0.148 e. The first-order chi connectivity index (χ1) is 13.6. The molecule has 2 aliphatic rings. The van der Waals surface area contributed by atoms with E-state index >= 15 is 0 Å². The van der Waals surface area contributed by atoms with Crippen LogP contribution < -0.4 is 9.47 Å². The molecule has 1 unspecified atom stereocenters. The van der Waals surface area contributed by atoms with Crippen LogP contribution in [0.5, 0.6) is 11.5 Å². The molecule has 0 amide bonds. The maximum Gasteiger partial charge on any atom is 0.148 e. The summed E-state index contributed by atoms with van der Waals surface area (Å²) in [6.07, 6.45) is 9.08. The van der Waals surface area contributed by atoms with Gasteiger partial charge >= 0.3 is 0 Å². The molecule has 0 saturated carbocycles. The van der Waals surface area contributed by atoms with Crippen molar-refractivity contribution < 1.29 is 14.6 Å². The summed E-state index contributed by atoms with van der Waals surface area (Å²) < 4.78 is 10.7. The molecule has 4 heteroatoms. The largest absolute Gasteiger partial charge is 0.497 e. The number of hydrogen-bond donors (Lipinski definition) is 1. The summed E-state index contributed by atoms with van der Waals surface area (Å²) in [5.74, 6) is 4.11. The van der Waals surface area contributed by atoms with E-state index in [1.165, 1.54) is 5.56 Å². The Morgan fingerprint density at radius 2 is 1.64 bits per heavy atom. The number of aliphatic hydroxyl groups is 1. The highest BCUT2D eigenvalue weighted by atomic mass is 16.5. The van der Waals surface area contributed by atoms with Crippen molar-refractivity contribution >= 4 is 0 Å². The minimum atomic E-state index is -0.748. The van der Waals surface area contributed by atoms with Crippen molar-refractivity contribution in [1.29, 1.82) is 0 Å². The number of rotatable bonds is 6. The molecule has 2 aromatic rings. The molecule has 2 aliphatic heterocycles. The summed E-state index contributed by atoms with van der Waals surface area (Å²) >= 11 is 0. The van der Waals surface area contributed by atoms with Crippen LogP contribution in [0.1, 0.15) is 36.8 Å². The van der Waals surface area contributed by atoms with Gasteiger partial charge in [-0.25, -0.2) is 0 Å². The second-order valence-corrected chi connectivity index (χ2v) is 7.86. The predicted octanol–water partition coefficient (Wildman–Crippen LogP) is 3.72. The van der Waals surface area contributed by atoms with Crippen LogP contribution in [0.2, 0.25) is 0 Å². The first-order valence-corrected chi connectivity index (χ1v) is 9.89.